The van der Waals surface area contributed by atoms with Crippen molar-refractivity contribution >= 4 is 34.7 Å². The van der Waals surface area contributed by atoms with Gasteiger partial charge in [-0.15, -0.1) is 0 Å². The number of aryl methyl sites for hydroxylation is 1. The molecule has 1 saturated heterocycles. The van der Waals surface area contributed by atoms with Crippen LogP contribution in [-0.4, -0.2) is 22.7 Å². The SMILES string of the molecule is Cc1ccc(NCN2C(=O)S/C(=C/c3ccc(F)cc3)C2=O)cc1. The summed E-state index contributed by atoms with van der Waals surface area (Å²) in [5, 5.41) is 2.73. The number of amides is 2. The topological polar surface area (TPSA) is 49.4 Å². The van der Waals surface area contributed by atoms with Gasteiger partial charge in [-0.25, -0.2) is 4.39 Å². The number of carbonyl (C=O) groups is 2. The van der Waals surface area contributed by atoms with E-state index in [1.807, 2.05) is 31.2 Å². The van der Waals surface area contributed by atoms with E-state index in [9.17, 15) is 14.0 Å². The number of nitrogens with one attached hydrogen (secondary N) is 1. The van der Waals surface area contributed by atoms with Crippen molar-refractivity contribution in [1.82, 2.24) is 4.90 Å². The molecule has 2 aromatic carbocycles. The number of thioether (sulfide) groups is 1. The molecular weight excluding hydrogens is 327 g/mol. The third kappa shape index (κ3) is 3.65. The summed E-state index contributed by atoms with van der Waals surface area (Å²) < 4.78 is 12.9. The van der Waals surface area contributed by atoms with Crippen molar-refractivity contribution in [2.75, 3.05) is 12.0 Å². The van der Waals surface area contributed by atoms with Gasteiger partial charge in [0.15, 0.2) is 0 Å². The molecule has 1 aliphatic heterocycles. The van der Waals surface area contributed by atoms with Crippen LogP contribution in [0.2, 0.25) is 0 Å². The number of halogens is 1. The fraction of sp³-hybridized carbons (Fsp3) is 0.111. The molecule has 1 aliphatic rings. The zero-order valence-electron chi connectivity index (χ0n) is 13.0. The summed E-state index contributed by atoms with van der Waals surface area (Å²) in [5.74, 6) is -0.698. The summed E-state index contributed by atoms with van der Waals surface area (Å²) in [6.45, 7) is 2.09. The maximum atomic E-state index is 12.9. The lowest BCUT2D eigenvalue weighted by molar-refractivity contribution is -0.122. The van der Waals surface area contributed by atoms with Crippen molar-refractivity contribution in [3.8, 4) is 0 Å². The molecule has 24 heavy (non-hydrogen) atoms. The van der Waals surface area contributed by atoms with Gasteiger partial charge in [0, 0.05) is 5.69 Å². The Bertz CT molecular complexity index is 801. The maximum Gasteiger partial charge on any atom is 0.295 e. The molecule has 3 rings (SSSR count). The molecule has 0 aliphatic carbocycles. The number of hydrogen-bond donors (Lipinski definition) is 1. The summed E-state index contributed by atoms with van der Waals surface area (Å²) in [6.07, 6.45) is 1.59. The fourth-order valence-electron chi connectivity index (χ4n) is 2.19. The van der Waals surface area contributed by atoms with Gasteiger partial charge >= 0.3 is 0 Å². The first kappa shape index (κ1) is 16.3. The molecule has 0 saturated carbocycles. The molecule has 0 unspecified atom stereocenters. The van der Waals surface area contributed by atoms with E-state index in [1.54, 1.807) is 18.2 Å². The normalized spacial score (nSPS) is 16.1. The van der Waals surface area contributed by atoms with Crippen LogP contribution < -0.4 is 5.32 Å². The van der Waals surface area contributed by atoms with Crippen LogP contribution in [0.5, 0.6) is 0 Å². The molecule has 0 spiro atoms. The summed E-state index contributed by atoms with van der Waals surface area (Å²) in [4.78, 5) is 25.9. The summed E-state index contributed by atoms with van der Waals surface area (Å²) in [5.41, 5.74) is 2.64. The van der Waals surface area contributed by atoms with Crippen molar-refractivity contribution < 1.29 is 14.0 Å². The summed E-state index contributed by atoms with van der Waals surface area (Å²) in [6, 6.07) is 13.4. The Morgan fingerprint density at radius 3 is 2.42 bits per heavy atom. The van der Waals surface area contributed by atoms with E-state index in [0.717, 1.165) is 27.9 Å². The standard InChI is InChI=1S/C18H15FN2O2S/c1-12-2-8-15(9-3-12)20-11-21-17(22)16(24-18(21)23)10-13-4-6-14(19)7-5-13/h2-10,20H,11H2,1H3/b16-10+. The van der Waals surface area contributed by atoms with Gasteiger partial charge in [-0.1, -0.05) is 29.8 Å². The van der Waals surface area contributed by atoms with E-state index >= 15 is 0 Å². The average molecular weight is 342 g/mol. The lowest BCUT2D eigenvalue weighted by atomic mass is 10.2. The third-order valence-electron chi connectivity index (χ3n) is 3.53. The first-order valence-electron chi connectivity index (χ1n) is 7.34. The molecule has 0 bridgehead atoms. The lowest BCUT2D eigenvalue weighted by Crippen LogP contribution is -2.33. The van der Waals surface area contributed by atoms with Gasteiger partial charge in [0.1, 0.15) is 5.82 Å². The lowest BCUT2D eigenvalue weighted by Gasteiger charge is -2.14. The van der Waals surface area contributed by atoms with Crippen molar-refractivity contribution in [1.29, 1.82) is 0 Å². The van der Waals surface area contributed by atoms with Crippen LogP contribution in [0.1, 0.15) is 11.1 Å². The largest absolute Gasteiger partial charge is 0.367 e. The van der Waals surface area contributed by atoms with Gasteiger partial charge in [-0.2, -0.15) is 0 Å². The molecular formula is C18H15FN2O2S. The Morgan fingerprint density at radius 1 is 1.08 bits per heavy atom. The number of nitrogens with zero attached hydrogens (tertiary/aromatic N) is 1. The number of rotatable bonds is 4. The molecule has 0 radical (unpaired) electrons. The highest BCUT2D eigenvalue weighted by Crippen LogP contribution is 2.32. The molecule has 0 aromatic heterocycles. The first-order chi connectivity index (χ1) is 11.5. The van der Waals surface area contributed by atoms with E-state index in [4.69, 9.17) is 0 Å². The quantitative estimate of drug-likeness (QED) is 0.845. The van der Waals surface area contributed by atoms with Crippen molar-refractivity contribution in [3.05, 3.63) is 70.4 Å². The number of anilines is 1. The van der Waals surface area contributed by atoms with Crippen LogP contribution in [-0.2, 0) is 4.79 Å². The van der Waals surface area contributed by atoms with E-state index in [0.29, 0.717) is 10.5 Å². The highest BCUT2D eigenvalue weighted by molar-refractivity contribution is 8.18. The number of imide groups is 1. The second-order valence-corrected chi connectivity index (χ2v) is 6.36. The zero-order valence-corrected chi connectivity index (χ0v) is 13.8. The minimum atomic E-state index is -0.353. The van der Waals surface area contributed by atoms with Gasteiger partial charge in [0.05, 0.1) is 11.6 Å². The molecule has 1 heterocycles. The fourth-order valence-corrected chi connectivity index (χ4v) is 3.03. The van der Waals surface area contributed by atoms with Crippen LogP contribution in [0.25, 0.3) is 6.08 Å². The van der Waals surface area contributed by atoms with E-state index in [1.165, 1.54) is 12.1 Å². The summed E-state index contributed by atoms with van der Waals surface area (Å²) in [7, 11) is 0. The monoisotopic (exact) mass is 342 g/mol. The third-order valence-corrected chi connectivity index (χ3v) is 4.44. The van der Waals surface area contributed by atoms with Crippen LogP contribution >= 0.6 is 11.8 Å². The van der Waals surface area contributed by atoms with E-state index in [-0.39, 0.29) is 23.6 Å². The molecule has 1 N–H and O–H groups in total. The second kappa shape index (κ2) is 6.88. The minimum absolute atomic E-state index is 0.106. The molecule has 1 fully saturated rings. The predicted molar refractivity (Wildman–Crippen MR) is 93.9 cm³/mol. The van der Waals surface area contributed by atoms with Crippen LogP contribution in [0, 0.1) is 12.7 Å². The molecule has 4 nitrogen and oxygen atoms in total. The summed E-state index contributed by atoms with van der Waals surface area (Å²) >= 11 is 0.883. The number of hydrogen-bond acceptors (Lipinski definition) is 4. The first-order valence-corrected chi connectivity index (χ1v) is 8.16. The van der Waals surface area contributed by atoms with Gasteiger partial charge in [-0.05, 0) is 54.6 Å². The Kier molecular flexibility index (Phi) is 4.66. The Morgan fingerprint density at radius 2 is 1.75 bits per heavy atom. The van der Waals surface area contributed by atoms with Gasteiger partial charge in [0.2, 0.25) is 0 Å². The van der Waals surface area contributed by atoms with Crippen LogP contribution in [0.4, 0.5) is 14.9 Å². The van der Waals surface area contributed by atoms with Gasteiger partial charge in [0.25, 0.3) is 11.1 Å². The van der Waals surface area contributed by atoms with Crippen LogP contribution in [0.3, 0.4) is 0 Å². The Hall–Kier alpha value is -2.60. The predicted octanol–water partition coefficient (Wildman–Crippen LogP) is 4.24. The molecule has 6 heteroatoms. The van der Waals surface area contributed by atoms with E-state index < -0.39 is 0 Å². The Balaban J connectivity index is 1.69. The maximum absolute atomic E-state index is 12.9. The van der Waals surface area contributed by atoms with Crippen molar-refractivity contribution in [3.63, 3.8) is 0 Å². The molecule has 0 atom stereocenters. The molecule has 122 valence electrons. The number of benzene rings is 2. The van der Waals surface area contributed by atoms with Crippen LogP contribution in [0.15, 0.2) is 53.4 Å². The number of carbonyl (C=O) groups excluding carboxylic acids is 2. The second-order valence-electron chi connectivity index (χ2n) is 5.36. The van der Waals surface area contributed by atoms with Gasteiger partial charge < -0.3 is 5.32 Å². The zero-order chi connectivity index (χ0) is 17.1. The minimum Gasteiger partial charge on any atom is -0.367 e. The smallest absolute Gasteiger partial charge is 0.295 e. The van der Waals surface area contributed by atoms with Crippen molar-refractivity contribution in [2.45, 2.75) is 6.92 Å². The highest BCUT2D eigenvalue weighted by Gasteiger charge is 2.34. The van der Waals surface area contributed by atoms with E-state index in [2.05, 4.69) is 5.32 Å². The average Bonchev–Trinajstić information content (AvgIpc) is 2.83. The Labute approximate surface area is 143 Å². The molecule has 2 aromatic rings. The van der Waals surface area contributed by atoms with Crippen molar-refractivity contribution in [2.24, 2.45) is 0 Å². The van der Waals surface area contributed by atoms with Gasteiger partial charge in [-0.3, -0.25) is 14.5 Å². The molecule has 2 amide bonds. The highest BCUT2D eigenvalue weighted by atomic mass is 32.2.